The Kier molecular flexibility index (Phi) is 4.21. The Bertz CT molecular complexity index is 460. The molecule has 1 aromatic carbocycles. The quantitative estimate of drug-likeness (QED) is 0.803. The van der Waals surface area contributed by atoms with E-state index in [9.17, 15) is 0 Å². The highest BCUT2D eigenvalue weighted by molar-refractivity contribution is 6.35. The minimum absolute atomic E-state index is 0.319. The van der Waals surface area contributed by atoms with E-state index in [-0.39, 0.29) is 0 Å². The SMILES string of the molecule is Clc1cc(Cl)c2c(c1)C(NCCCC1CC1)CCO2. The molecule has 1 atom stereocenters. The third-order valence-electron chi connectivity index (χ3n) is 3.94. The summed E-state index contributed by atoms with van der Waals surface area (Å²) in [5, 5.41) is 4.92. The van der Waals surface area contributed by atoms with Crippen molar-refractivity contribution in [2.45, 2.75) is 38.1 Å². The summed E-state index contributed by atoms with van der Waals surface area (Å²) in [6.07, 6.45) is 6.47. The monoisotopic (exact) mass is 299 g/mol. The fraction of sp³-hybridized carbons (Fsp3) is 0.600. The number of fused-ring (bicyclic) bond motifs is 1. The molecule has 2 nitrogen and oxygen atoms in total. The molecule has 0 radical (unpaired) electrons. The molecule has 2 aliphatic rings. The molecule has 0 spiro atoms. The first-order chi connectivity index (χ1) is 9.24. The van der Waals surface area contributed by atoms with E-state index in [0.29, 0.717) is 22.7 Å². The summed E-state index contributed by atoms with van der Waals surface area (Å²) in [5.74, 6) is 1.81. The normalized spacial score (nSPS) is 21.9. The largest absolute Gasteiger partial charge is 0.492 e. The van der Waals surface area contributed by atoms with Crippen LogP contribution in [0.15, 0.2) is 12.1 Å². The second-order valence-electron chi connectivity index (χ2n) is 5.54. The van der Waals surface area contributed by atoms with E-state index in [2.05, 4.69) is 5.32 Å². The van der Waals surface area contributed by atoms with Crippen LogP contribution in [0, 0.1) is 5.92 Å². The average molecular weight is 300 g/mol. The van der Waals surface area contributed by atoms with Gasteiger partial charge in [0.1, 0.15) is 5.75 Å². The molecule has 0 amide bonds. The van der Waals surface area contributed by atoms with Gasteiger partial charge in [-0.15, -0.1) is 0 Å². The predicted molar refractivity (Wildman–Crippen MR) is 79.3 cm³/mol. The van der Waals surface area contributed by atoms with Gasteiger partial charge in [0.25, 0.3) is 0 Å². The summed E-state index contributed by atoms with van der Waals surface area (Å²) in [5.41, 5.74) is 1.11. The van der Waals surface area contributed by atoms with Crippen molar-refractivity contribution in [3.8, 4) is 5.75 Å². The van der Waals surface area contributed by atoms with Crippen molar-refractivity contribution in [2.75, 3.05) is 13.2 Å². The fourth-order valence-electron chi connectivity index (χ4n) is 2.71. The Morgan fingerprint density at radius 1 is 1.21 bits per heavy atom. The lowest BCUT2D eigenvalue weighted by molar-refractivity contribution is 0.252. The van der Waals surface area contributed by atoms with E-state index < -0.39 is 0 Å². The van der Waals surface area contributed by atoms with E-state index in [4.69, 9.17) is 27.9 Å². The molecule has 4 heteroatoms. The molecule has 19 heavy (non-hydrogen) atoms. The molecule has 1 saturated carbocycles. The summed E-state index contributed by atoms with van der Waals surface area (Å²) in [6.45, 7) is 1.78. The zero-order chi connectivity index (χ0) is 13.2. The second-order valence-corrected chi connectivity index (χ2v) is 6.38. The molecule has 1 N–H and O–H groups in total. The maximum Gasteiger partial charge on any atom is 0.142 e. The third-order valence-corrected chi connectivity index (χ3v) is 4.44. The smallest absolute Gasteiger partial charge is 0.142 e. The van der Waals surface area contributed by atoms with Crippen LogP contribution in [0.5, 0.6) is 5.75 Å². The van der Waals surface area contributed by atoms with Crippen LogP contribution in [0.25, 0.3) is 0 Å². The standard InChI is InChI=1S/C15H19Cl2NO/c16-11-8-12-14(18-6-1-2-10-3-4-10)5-7-19-15(12)13(17)9-11/h8-10,14,18H,1-7H2. The van der Waals surface area contributed by atoms with Crippen LogP contribution in [0.4, 0.5) is 0 Å². The van der Waals surface area contributed by atoms with Gasteiger partial charge >= 0.3 is 0 Å². The summed E-state index contributed by atoms with van der Waals surface area (Å²) in [4.78, 5) is 0. The van der Waals surface area contributed by atoms with Crippen LogP contribution in [-0.4, -0.2) is 13.2 Å². The van der Waals surface area contributed by atoms with Crippen LogP contribution in [0.2, 0.25) is 10.0 Å². The Morgan fingerprint density at radius 3 is 2.84 bits per heavy atom. The van der Waals surface area contributed by atoms with Gasteiger partial charge in [0.15, 0.2) is 0 Å². The molecule has 104 valence electrons. The lowest BCUT2D eigenvalue weighted by Crippen LogP contribution is -2.28. The molecule has 0 saturated heterocycles. The molecule has 0 bridgehead atoms. The summed E-state index contributed by atoms with van der Waals surface area (Å²) < 4.78 is 5.66. The van der Waals surface area contributed by atoms with Gasteiger partial charge in [-0.1, -0.05) is 36.0 Å². The first-order valence-electron chi connectivity index (χ1n) is 7.09. The Morgan fingerprint density at radius 2 is 2.05 bits per heavy atom. The number of hydrogen-bond donors (Lipinski definition) is 1. The van der Waals surface area contributed by atoms with Crippen LogP contribution >= 0.6 is 23.2 Å². The molecule has 1 fully saturated rings. The van der Waals surface area contributed by atoms with Crippen LogP contribution < -0.4 is 10.1 Å². The van der Waals surface area contributed by atoms with E-state index in [0.717, 1.165) is 30.2 Å². The Labute approximate surface area is 124 Å². The van der Waals surface area contributed by atoms with Crippen molar-refractivity contribution in [2.24, 2.45) is 5.92 Å². The third kappa shape index (κ3) is 3.36. The topological polar surface area (TPSA) is 21.3 Å². The summed E-state index contributed by atoms with van der Waals surface area (Å²) in [7, 11) is 0. The summed E-state index contributed by atoms with van der Waals surface area (Å²) >= 11 is 12.3. The Hall–Kier alpha value is -0.440. The maximum absolute atomic E-state index is 6.19. The average Bonchev–Trinajstić information content (AvgIpc) is 3.19. The van der Waals surface area contributed by atoms with Crippen molar-refractivity contribution in [1.29, 1.82) is 0 Å². The van der Waals surface area contributed by atoms with E-state index >= 15 is 0 Å². The number of hydrogen-bond acceptors (Lipinski definition) is 2. The number of halogens is 2. The highest BCUT2D eigenvalue weighted by atomic mass is 35.5. The highest BCUT2D eigenvalue weighted by Gasteiger charge is 2.24. The number of rotatable bonds is 5. The lowest BCUT2D eigenvalue weighted by atomic mass is 10.0. The zero-order valence-corrected chi connectivity index (χ0v) is 12.4. The Balaban J connectivity index is 1.63. The van der Waals surface area contributed by atoms with Gasteiger partial charge in [-0.25, -0.2) is 0 Å². The lowest BCUT2D eigenvalue weighted by Gasteiger charge is -2.27. The second kappa shape index (κ2) is 5.90. The number of nitrogens with one attached hydrogen (secondary N) is 1. The molecule has 1 aromatic rings. The number of benzene rings is 1. The van der Waals surface area contributed by atoms with Gasteiger partial charge in [0.2, 0.25) is 0 Å². The minimum Gasteiger partial charge on any atom is -0.492 e. The van der Waals surface area contributed by atoms with Gasteiger partial charge in [-0.05, 0) is 37.4 Å². The van der Waals surface area contributed by atoms with Crippen LogP contribution in [-0.2, 0) is 0 Å². The van der Waals surface area contributed by atoms with Crippen molar-refractivity contribution < 1.29 is 4.74 Å². The van der Waals surface area contributed by atoms with Gasteiger partial charge in [0.05, 0.1) is 11.6 Å². The first-order valence-corrected chi connectivity index (χ1v) is 7.85. The minimum atomic E-state index is 0.319. The molecule has 1 heterocycles. The van der Waals surface area contributed by atoms with E-state index in [1.54, 1.807) is 6.07 Å². The molecular formula is C15H19Cl2NO. The van der Waals surface area contributed by atoms with Gasteiger partial charge in [-0.2, -0.15) is 0 Å². The maximum atomic E-state index is 6.19. The van der Waals surface area contributed by atoms with Crippen molar-refractivity contribution in [1.82, 2.24) is 5.32 Å². The van der Waals surface area contributed by atoms with E-state index in [1.807, 2.05) is 6.07 Å². The molecule has 1 unspecified atom stereocenters. The first kappa shape index (κ1) is 13.5. The zero-order valence-electron chi connectivity index (χ0n) is 10.9. The van der Waals surface area contributed by atoms with Crippen molar-refractivity contribution >= 4 is 23.2 Å². The molecular weight excluding hydrogens is 281 g/mol. The van der Waals surface area contributed by atoms with Crippen molar-refractivity contribution in [3.05, 3.63) is 27.7 Å². The summed E-state index contributed by atoms with van der Waals surface area (Å²) in [6, 6.07) is 4.04. The van der Waals surface area contributed by atoms with E-state index in [1.165, 1.54) is 25.7 Å². The molecule has 1 aliphatic heterocycles. The molecule has 1 aliphatic carbocycles. The van der Waals surface area contributed by atoms with Crippen LogP contribution in [0.3, 0.4) is 0 Å². The van der Waals surface area contributed by atoms with Crippen molar-refractivity contribution in [3.63, 3.8) is 0 Å². The van der Waals surface area contributed by atoms with Crippen LogP contribution in [0.1, 0.15) is 43.7 Å². The predicted octanol–water partition coefficient (Wildman–Crippen LogP) is 4.60. The van der Waals surface area contributed by atoms with Gasteiger partial charge < -0.3 is 10.1 Å². The highest BCUT2D eigenvalue weighted by Crippen LogP contribution is 2.40. The fourth-order valence-corrected chi connectivity index (χ4v) is 3.28. The van der Waals surface area contributed by atoms with Gasteiger partial charge in [0, 0.05) is 23.0 Å². The van der Waals surface area contributed by atoms with Gasteiger partial charge in [-0.3, -0.25) is 0 Å². The molecule has 0 aromatic heterocycles. The molecule has 3 rings (SSSR count). The number of ether oxygens (including phenoxy) is 1.